The first-order valence-electron chi connectivity index (χ1n) is 9.90. The van der Waals surface area contributed by atoms with Gasteiger partial charge < -0.3 is 14.8 Å². The molecule has 1 fully saturated rings. The molecule has 7 nitrogen and oxygen atoms in total. The van der Waals surface area contributed by atoms with Crippen LogP contribution in [0.3, 0.4) is 0 Å². The molecule has 1 saturated heterocycles. The third-order valence-electron chi connectivity index (χ3n) is 4.71. The molecule has 1 unspecified atom stereocenters. The van der Waals surface area contributed by atoms with Gasteiger partial charge in [0.05, 0.1) is 11.0 Å². The molecule has 0 saturated carbocycles. The van der Waals surface area contributed by atoms with Crippen molar-refractivity contribution in [2.75, 3.05) is 19.8 Å². The first-order chi connectivity index (χ1) is 15.1. The highest BCUT2D eigenvalue weighted by Crippen LogP contribution is 2.19. The second-order valence-corrected chi connectivity index (χ2v) is 9.01. The van der Waals surface area contributed by atoms with Gasteiger partial charge >= 0.3 is 6.18 Å². The number of benzene rings is 2. The normalized spacial score (nSPS) is 16.7. The smallest absolute Gasteiger partial charge is 0.422 e. The summed E-state index contributed by atoms with van der Waals surface area (Å²) in [6, 6.07) is 11.4. The predicted octanol–water partition coefficient (Wildman–Crippen LogP) is 3.02. The van der Waals surface area contributed by atoms with Gasteiger partial charge in [0.15, 0.2) is 6.61 Å². The molecule has 1 heterocycles. The number of carbonyl (C=O) groups is 1. The number of ether oxygens (including phenoxy) is 2. The number of nitrogens with one attached hydrogen (secondary N) is 2. The number of hydrogen-bond acceptors (Lipinski definition) is 5. The second kappa shape index (κ2) is 10.3. The monoisotopic (exact) mass is 472 g/mol. The summed E-state index contributed by atoms with van der Waals surface area (Å²) < 4.78 is 74.1. The van der Waals surface area contributed by atoms with Crippen LogP contribution in [-0.2, 0) is 21.3 Å². The Balaban J connectivity index is 1.55. The molecule has 2 aromatic rings. The van der Waals surface area contributed by atoms with Gasteiger partial charge in [-0.1, -0.05) is 18.2 Å². The van der Waals surface area contributed by atoms with Gasteiger partial charge in [0.1, 0.15) is 5.75 Å². The van der Waals surface area contributed by atoms with Crippen LogP contribution in [-0.4, -0.2) is 46.4 Å². The van der Waals surface area contributed by atoms with Crippen molar-refractivity contribution in [3.63, 3.8) is 0 Å². The Morgan fingerprint density at radius 3 is 2.56 bits per heavy atom. The first-order valence-corrected chi connectivity index (χ1v) is 11.4. The lowest BCUT2D eigenvalue weighted by Gasteiger charge is -2.12. The lowest BCUT2D eigenvalue weighted by atomic mass is 10.2. The van der Waals surface area contributed by atoms with Crippen LogP contribution in [0, 0.1) is 0 Å². The standard InChI is InChI=1S/C21H23F3N2O5S/c22-21(23,24)14-31-17-8-6-15(7-9-17)12-25-20(27)16-3-1-5-19(11-16)32(28,29)26-13-18-4-2-10-30-18/h1,3,5-9,11,18,26H,2,4,10,12-14H2,(H,25,27). The lowest BCUT2D eigenvalue weighted by Crippen LogP contribution is -2.32. The molecule has 1 aliphatic rings. The number of alkyl halides is 3. The molecule has 3 rings (SSSR count). The summed E-state index contributed by atoms with van der Waals surface area (Å²) in [6.45, 7) is -0.496. The van der Waals surface area contributed by atoms with Crippen molar-refractivity contribution in [3.8, 4) is 5.75 Å². The topological polar surface area (TPSA) is 93.7 Å². The molecule has 2 N–H and O–H groups in total. The summed E-state index contributed by atoms with van der Waals surface area (Å²) in [7, 11) is -3.80. The summed E-state index contributed by atoms with van der Waals surface area (Å²) in [5, 5.41) is 2.65. The second-order valence-electron chi connectivity index (χ2n) is 7.25. The molecule has 0 bridgehead atoms. The van der Waals surface area contributed by atoms with E-state index in [1.54, 1.807) is 0 Å². The average molecular weight is 472 g/mol. The maximum atomic E-state index is 12.5. The molecule has 1 amide bonds. The van der Waals surface area contributed by atoms with Gasteiger partial charge in [0, 0.05) is 25.3 Å². The minimum Gasteiger partial charge on any atom is -0.484 e. The fourth-order valence-corrected chi connectivity index (χ4v) is 4.16. The van der Waals surface area contributed by atoms with E-state index in [0.29, 0.717) is 12.2 Å². The van der Waals surface area contributed by atoms with Gasteiger partial charge in [-0.2, -0.15) is 13.2 Å². The van der Waals surface area contributed by atoms with Crippen LogP contribution in [0.25, 0.3) is 0 Å². The predicted molar refractivity (Wildman–Crippen MR) is 110 cm³/mol. The highest BCUT2D eigenvalue weighted by molar-refractivity contribution is 7.89. The molecule has 11 heteroatoms. The van der Waals surface area contributed by atoms with Crippen molar-refractivity contribution in [1.82, 2.24) is 10.0 Å². The van der Waals surface area contributed by atoms with E-state index in [4.69, 9.17) is 4.74 Å². The highest BCUT2D eigenvalue weighted by atomic mass is 32.2. The SMILES string of the molecule is O=C(NCc1ccc(OCC(F)(F)F)cc1)c1cccc(S(=O)(=O)NCC2CCCO2)c1. The Labute approximate surface area is 184 Å². The summed E-state index contributed by atoms with van der Waals surface area (Å²) in [6.07, 6.45) is -2.89. The first kappa shape index (κ1) is 24.0. The number of carbonyl (C=O) groups excluding carboxylic acids is 1. The maximum Gasteiger partial charge on any atom is 0.422 e. The molecule has 2 aromatic carbocycles. The van der Waals surface area contributed by atoms with E-state index in [1.807, 2.05) is 0 Å². The number of amides is 1. The quantitative estimate of drug-likeness (QED) is 0.585. The Morgan fingerprint density at radius 2 is 1.91 bits per heavy atom. The molecular formula is C21H23F3N2O5S. The van der Waals surface area contributed by atoms with Crippen molar-refractivity contribution in [3.05, 3.63) is 59.7 Å². The summed E-state index contributed by atoms with van der Waals surface area (Å²) in [5.41, 5.74) is 0.801. The fourth-order valence-electron chi connectivity index (χ4n) is 3.05. The number of halogens is 3. The summed E-state index contributed by atoms with van der Waals surface area (Å²) in [5.74, 6) is -0.426. The van der Waals surface area contributed by atoms with Crippen LogP contribution in [0.4, 0.5) is 13.2 Å². The van der Waals surface area contributed by atoms with E-state index in [0.717, 1.165) is 12.8 Å². The molecule has 32 heavy (non-hydrogen) atoms. The van der Waals surface area contributed by atoms with Crippen LogP contribution in [0.2, 0.25) is 0 Å². The van der Waals surface area contributed by atoms with Crippen molar-refractivity contribution in [2.24, 2.45) is 0 Å². The van der Waals surface area contributed by atoms with Gasteiger partial charge in [-0.3, -0.25) is 4.79 Å². The zero-order chi connectivity index (χ0) is 23.2. The minimum atomic E-state index is -4.42. The lowest BCUT2D eigenvalue weighted by molar-refractivity contribution is -0.153. The van der Waals surface area contributed by atoms with E-state index < -0.39 is 28.7 Å². The Bertz CT molecular complexity index is 1020. The Morgan fingerprint density at radius 1 is 1.16 bits per heavy atom. The molecule has 0 aliphatic carbocycles. The average Bonchev–Trinajstić information content (AvgIpc) is 3.29. The Hall–Kier alpha value is -2.63. The van der Waals surface area contributed by atoms with Crippen LogP contribution in [0.1, 0.15) is 28.8 Å². The zero-order valence-electron chi connectivity index (χ0n) is 17.0. The maximum absolute atomic E-state index is 12.5. The molecule has 1 atom stereocenters. The van der Waals surface area contributed by atoms with Crippen LogP contribution in [0.5, 0.6) is 5.75 Å². The fraction of sp³-hybridized carbons (Fsp3) is 0.381. The van der Waals surface area contributed by atoms with Crippen LogP contribution >= 0.6 is 0 Å². The van der Waals surface area contributed by atoms with Gasteiger partial charge in [-0.25, -0.2) is 13.1 Å². The van der Waals surface area contributed by atoms with E-state index >= 15 is 0 Å². The van der Waals surface area contributed by atoms with Crippen molar-refractivity contribution in [2.45, 2.75) is 36.6 Å². The van der Waals surface area contributed by atoms with Gasteiger partial charge in [-0.15, -0.1) is 0 Å². The van der Waals surface area contributed by atoms with Crippen LogP contribution in [0.15, 0.2) is 53.4 Å². The van der Waals surface area contributed by atoms with Gasteiger partial charge in [0.25, 0.3) is 5.91 Å². The van der Waals surface area contributed by atoms with Gasteiger partial charge in [0.2, 0.25) is 10.0 Å². The molecule has 0 radical (unpaired) electrons. The summed E-state index contributed by atoms with van der Waals surface area (Å²) in [4.78, 5) is 12.4. The third kappa shape index (κ3) is 7.21. The number of hydrogen-bond donors (Lipinski definition) is 2. The van der Waals surface area contributed by atoms with E-state index in [1.165, 1.54) is 48.5 Å². The molecule has 0 aromatic heterocycles. The number of rotatable bonds is 9. The van der Waals surface area contributed by atoms with Crippen molar-refractivity contribution in [1.29, 1.82) is 0 Å². The van der Waals surface area contributed by atoms with Crippen LogP contribution < -0.4 is 14.8 Å². The molecule has 1 aliphatic heterocycles. The van der Waals surface area contributed by atoms with Gasteiger partial charge in [-0.05, 0) is 48.7 Å². The number of sulfonamides is 1. The molecule has 174 valence electrons. The summed E-state index contributed by atoms with van der Waals surface area (Å²) >= 11 is 0. The molecule has 0 spiro atoms. The minimum absolute atomic E-state index is 0.0330. The van der Waals surface area contributed by atoms with E-state index in [2.05, 4.69) is 14.8 Å². The van der Waals surface area contributed by atoms with E-state index in [9.17, 15) is 26.4 Å². The molecular weight excluding hydrogens is 449 g/mol. The van der Waals surface area contributed by atoms with E-state index in [-0.39, 0.29) is 35.4 Å². The Kier molecular flexibility index (Phi) is 7.75. The largest absolute Gasteiger partial charge is 0.484 e. The van der Waals surface area contributed by atoms with Crippen molar-refractivity contribution < 1.29 is 35.9 Å². The van der Waals surface area contributed by atoms with Crippen molar-refractivity contribution >= 4 is 15.9 Å². The third-order valence-corrected chi connectivity index (χ3v) is 6.13. The zero-order valence-corrected chi connectivity index (χ0v) is 17.8. The highest BCUT2D eigenvalue weighted by Gasteiger charge is 2.28.